The molecule has 0 atom stereocenters. The highest BCUT2D eigenvalue weighted by Crippen LogP contribution is 2.17. The molecule has 3 heteroatoms. The molecule has 0 amide bonds. The molecule has 2 aromatic heterocycles. The summed E-state index contributed by atoms with van der Waals surface area (Å²) in [4.78, 5) is 8.14. The minimum absolute atomic E-state index is 0.390. The van der Waals surface area contributed by atoms with Gasteiger partial charge in [-0.3, -0.25) is 9.97 Å². The fraction of sp³-hybridized carbons (Fsp3) is 0.0833. The van der Waals surface area contributed by atoms with E-state index in [9.17, 15) is 0 Å². The summed E-state index contributed by atoms with van der Waals surface area (Å²) >= 11 is 0. The number of hydrogen-bond donors (Lipinski definition) is 0. The maximum absolute atomic E-state index is 8.59. The molecule has 0 aliphatic rings. The molecule has 0 aromatic carbocycles. The molecular formula is C12H9N3. The maximum Gasteiger partial charge on any atom is 0.0670 e. The first-order chi connectivity index (χ1) is 7.40. The first-order valence-corrected chi connectivity index (χ1v) is 4.61. The van der Waals surface area contributed by atoms with Crippen LogP contribution in [0, 0.1) is 11.3 Å². The van der Waals surface area contributed by atoms with Crippen molar-refractivity contribution in [2.45, 2.75) is 6.42 Å². The molecule has 0 saturated heterocycles. The summed E-state index contributed by atoms with van der Waals surface area (Å²) in [5.41, 5.74) is 2.94. The third-order valence-corrected chi connectivity index (χ3v) is 2.07. The van der Waals surface area contributed by atoms with E-state index in [2.05, 4.69) is 16.0 Å². The lowest BCUT2D eigenvalue weighted by Crippen LogP contribution is -1.86. The van der Waals surface area contributed by atoms with E-state index in [4.69, 9.17) is 5.26 Å². The van der Waals surface area contributed by atoms with Crippen molar-refractivity contribution in [3.05, 3.63) is 48.5 Å². The molecule has 2 aromatic rings. The number of nitriles is 1. The molecule has 15 heavy (non-hydrogen) atoms. The van der Waals surface area contributed by atoms with Crippen LogP contribution in [0.1, 0.15) is 5.56 Å². The third kappa shape index (κ3) is 2.18. The number of hydrogen-bond acceptors (Lipinski definition) is 3. The predicted octanol–water partition coefficient (Wildman–Crippen LogP) is 2.21. The Morgan fingerprint density at radius 1 is 1.13 bits per heavy atom. The molecule has 2 rings (SSSR count). The number of nitrogens with zero attached hydrogens (tertiary/aromatic N) is 3. The topological polar surface area (TPSA) is 49.6 Å². The van der Waals surface area contributed by atoms with Crippen LogP contribution in [0.15, 0.2) is 43.0 Å². The van der Waals surface area contributed by atoms with Gasteiger partial charge in [0, 0.05) is 35.9 Å². The molecule has 0 N–H and O–H groups in total. The van der Waals surface area contributed by atoms with E-state index in [0.29, 0.717) is 6.42 Å². The molecule has 2 heterocycles. The monoisotopic (exact) mass is 195 g/mol. The van der Waals surface area contributed by atoms with Crippen molar-refractivity contribution in [2.75, 3.05) is 0 Å². The molecular weight excluding hydrogens is 186 g/mol. The summed E-state index contributed by atoms with van der Waals surface area (Å²) in [5, 5.41) is 8.59. The molecule has 0 aliphatic heterocycles. The van der Waals surface area contributed by atoms with Crippen molar-refractivity contribution in [1.29, 1.82) is 5.26 Å². The Hall–Kier alpha value is -2.21. The Balaban J connectivity index is 2.38. The Labute approximate surface area is 88.1 Å². The van der Waals surface area contributed by atoms with Crippen molar-refractivity contribution < 1.29 is 0 Å². The first kappa shape index (κ1) is 9.35. The van der Waals surface area contributed by atoms with E-state index >= 15 is 0 Å². The van der Waals surface area contributed by atoms with E-state index < -0.39 is 0 Å². The second-order valence-electron chi connectivity index (χ2n) is 3.16. The highest BCUT2D eigenvalue weighted by Gasteiger charge is 1.99. The van der Waals surface area contributed by atoms with Gasteiger partial charge in [-0.15, -0.1) is 0 Å². The summed E-state index contributed by atoms with van der Waals surface area (Å²) in [7, 11) is 0. The minimum Gasteiger partial charge on any atom is -0.264 e. The van der Waals surface area contributed by atoms with Crippen LogP contribution in [-0.4, -0.2) is 9.97 Å². The van der Waals surface area contributed by atoms with Gasteiger partial charge in [0.05, 0.1) is 12.5 Å². The Morgan fingerprint density at radius 3 is 2.73 bits per heavy atom. The van der Waals surface area contributed by atoms with Crippen LogP contribution in [0.4, 0.5) is 0 Å². The largest absolute Gasteiger partial charge is 0.264 e. The second kappa shape index (κ2) is 4.34. The first-order valence-electron chi connectivity index (χ1n) is 4.61. The van der Waals surface area contributed by atoms with Crippen LogP contribution in [0.2, 0.25) is 0 Å². The van der Waals surface area contributed by atoms with Gasteiger partial charge in [-0.2, -0.15) is 5.26 Å². The van der Waals surface area contributed by atoms with E-state index in [1.54, 1.807) is 24.8 Å². The van der Waals surface area contributed by atoms with Crippen molar-refractivity contribution in [3.8, 4) is 17.2 Å². The Morgan fingerprint density at radius 2 is 2.00 bits per heavy atom. The standard InChI is InChI=1S/C12H9N3/c13-4-3-10-6-12(9-15-7-10)11-2-1-5-14-8-11/h1-2,5-9H,3H2. The van der Waals surface area contributed by atoms with Crippen molar-refractivity contribution >= 4 is 0 Å². The van der Waals surface area contributed by atoms with Crippen molar-refractivity contribution in [2.24, 2.45) is 0 Å². The SMILES string of the molecule is N#CCc1cncc(-c2cccnc2)c1. The fourth-order valence-corrected chi connectivity index (χ4v) is 1.37. The number of aromatic nitrogens is 2. The Kier molecular flexibility index (Phi) is 2.70. The predicted molar refractivity (Wildman–Crippen MR) is 56.8 cm³/mol. The summed E-state index contributed by atoms with van der Waals surface area (Å²) in [6.45, 7) is 0. The lowest BCUT2D eigenvalue weighted by molar-refractivity contribution is 1.19. The smallest absolute Gasteiger partial charge is 0.0670 e. The van der Waals surface area contributed by atoms with Gasteiger partial charge in [-0.1, -0.05) is 6.07 Å². The summed E-state index contributed by atoms with van der Waals surface area (Å²) < 4.78 is 0. The normalized spacial score (nSPS) is 9.53. The van der Waals surface area contributed by atoms with E-state index in [1.807, 2.05) is 18.2 Å². The highest BCUT2D eigenvalue weighted by molar-refractivity contribution is 5.61. The second-order valence-corrected chi connectivity index (χ2v) is 3.16. The van der Waals surface area contributed by atoms with Gasteiger partial charge in [0.25, 0.3) is 0 Å². The van der Waals surface area contributed by atoms with Gasteiger partial charge < -0.3 is 0 Å². The van der Waals surface area contributed by atoms with Gasteiger partial charge in [0.2, 0.25) is 0 Å². The molecule has 3 nitrogen and oxygen atoms in total. The fourth-order valence-electron chi connectivity index (χ4n) is 1.37. The maximum atomic E-state index is 8.59. The van der Waals surface area contributed by atoms with Crippen LogP contribution in [0.25, 0.3) is 11.1 Å². The quantitative estimate of drug-likeness (QED) is 0.738. The zero-order valence-corrected chi connectivity index (χ0v) is 8.09. The zero-order chi connectivity index (χ0) is 10.5. The summed E-state index contributed by atoms with van der Waals surface area (Å²) in [6.07, 6.45) is 7.39. The summed E-state index contributed by atoms with van der Waals surface area (Å²) in [6, 6.07) is 7.93. The van der Waals surface area contributed by atoms with E-state index in [-0.39, 0.29) is 0 Å². The lowest BCUT2D eigenvalue weighted by atomic mass is 10.1. The molecule has 0 radical (unpaired) electrons. The van der Waals surface area contributed by atoms with Gasteiger partial charge in [0.15, 0.2) is 0 Å². The minimum atomic E-state index is 0.390. The number of rotatable bonds is 2. The molecule has 0 saturated carbocycles. The lowest BCUT2D eigenvalue weighted by Gasteiger charge is -2.01. The van der Waals surface area contributed by atoms with Gasteiger partial charge in [-0.25, -0.2) is 0 Å². The van der Waals surface area contributed by atoms with Gasteiger partial charge in [-0.05, 0) is 17.7 Å². The molecule has 0 fully saturated rings. The summed E-state index contributed by atoms with van der Waals surface area (Å²) in [5.74, 6) is 0. The van der Waals surface area contributed by atoms with Crippen LogP contribution in [-0.2, 0) is 6.42 Å². The van der Waals surface area contributed by atoms with Crippen molar-refractivity contribution in [3.63, 3.8) is 0 Å². The van der Waals surface area contributed by atoms with Crippen LogP contribution in [0.3, 0.4) is 0 Å². The molecule has 0 unspecified atom stereocenters. The van der Waals surface area contributed by atoms with Crippen LogP contribution in [0.5, 0.6) is 0 Å². The average molecular weight is 195 g/mol. The van der Waals surface area contributed by atoms with E-state index in [0.717, 1.165) is 16.7 Å². The zero-order valence-electron chi connectivity index (χ0n) is 8.09. The highest BCUT2D eigenvalue weighted by atomic mass is 14.6. The van der Waals surface area contributed by atoms with Gasteiger partial charge >= 0.3 is 0 Å². The van der Waals surface area contributed by atoms with Gasteiger partial charge in [0.1, 0.15) is 0 Å². The Bertz CT molecular complexity index is 486. The molecule has 0 bridgehead atoms. The molecule has 72 valence electrons. The van der Waals surface area contributed by atoms with Crippen LogP contribution < -0.4 is 0 Å². The third-order valence-electron chi connectivity index (χ3n) is 2.07. The molecule has 0 spiro atoms. The van der Waals surface area contributed by atoms with Crippen LogP contribution >= 0.6 is 0 Å². The molecule has 0 aliphatic carbocycles. The van der Waals surface area contributed by atoms with Crippen molar-refractivity contribution in [1.82, 2.24) is 9.97 Å². The van der Waals surface area contributed by atoms with E-state index in [1.165, 1.54) is 0 Å². The number of pyridine rings is 2. The average Bonchev–Trinajstić information content (AvgIpc) is 2.31.